The van der Waals surface area contributed by atoms with Crippen LogP contribution in [-0.2, 0) is 42.7 Å². The van der Waals surface area contributed by atoms with Crippen LogP contribution in [-0.4, -0.2) is 205 Å². The maximum atomic E-state index is 13.4. The van der Waals surface area contributed by atoms with E-state index in [1.54, 1.807) is 0 Å². The summed E-state index contributed by atoms with van der Waals surface area (Å²) in [5.74, 6) is -5.03. The molecule has 27 nitrogen and oxygen atoms in total. The summed E-state index contributed by atoms with van der Waals surface area (Å²) in [4.78, 5) is 26.5. The SMILES string of the molecule is COc1cc(C=CC(=O)OCC2OC(OC3=Cc4c(cc(O)cc4OC4OC(CO)C(O)C(O)C4O)OC3c3ccc(O)c(O)c3)C(OC3OCC(O)C(O)C3OC(=O)C=Cc3cc(OC)c(O)c(OC)c3)C(O)C2O)ccc1O. The summed E-state index contributed by atoms with van der Waals surface area (Å²) in [6.45, 7) is -2.25. The van der Waals surface area contributed by atoms with E-state index in [-0.39, 0.29) is 62.7 Å². The number of phenolic OH excluding ortho intramolecular Hbond substituents is 5. The molecule has 4 heterocycles. The van der Waals surface area contributed by atoms with Gasteiger partial charge in [-0.05, 0) is 65.8 Å². The number of phenols is 5. The van der Waals surface area contributed by atoms with Gasteiger partial charge in [-0.1, -0.05) is 12.1 Å². The van der Waals surface area contributed by atoms with Crippen molar-refractivity contribution in [1.29, 1.82) is 0 Å². The number of benzene rings is 4. The smallest absolute Gasteiger partial charge is 0.331 e. The molecule has 0 aliphatic carbocycles. The van der Waals surface area contributed by atoms with Crippen LogP contribution in [0.4, 0.5) is 0 Å². The first-order valence-corrected chi connectivity index (χ1v) is 24.3. The van der Waals surface area contributed by atoms with Crippen molar-refractivity contribution in [2.45, 2.75) is 92.1 Å². The van der Waals surface area contributed by atoms with Crippen LogP contribution in [0, 0.1) is 0 Å². The van der Waals surface area contributed by atoms with Crippen LogP contribution in [0.3, 0.4) is 0 Å². The molecule has 8 rings (SSSR count). The van der Waals surface area contributed by atoms with Gasteiger partial charge in [0.25, 0.3) is 0 Å². The summed E-state index contributed by atoms with van der Waals surface area (Å²) in [6.07, 6.45) is -21.8. The number of aliphatic hydroxyl groups is 8. The van der Waals surface area contributed by atoms with Crippen LogP contribution in [0.1, 0.15) is 28.4 Å². The van der Waals surface area contributed by atoms with Gasteiger partial charge in [-0.15, -0.1) is 0 Å². The molecule has 0 amide bonds. The van der Waals surface area contributed by atoms with Crippen molar-refractivity contribution in [3.8, 4) is 57.5 Å². The van der Waals surface area contributed by atoms with Crippen LogP contribution < -0.4 is 23.7 Å². The molecule has 4 aromatic rings. The molecule has 15 atom stereocenters. The minimum atomic E-state index is -2.13. The summed E-state index contributed by atoms with van der Waals surface area (Å²) in [5.41, 5.74) is 0.643. The number of rotatable bonds is 18. The normalized spacial score (nSPS) is 29.4. The summed E-state index contributed by atoms with van der Waals surface area (Å²) in [6, 6.07) is 12.6. The molecule has 27 heteroatoms. The van der Waals surface area contributed by atoms with Crippen molar-refractivity contribution in [1.82, 2.24) is 0 Å². The Labute approximate surface area is 453 Å². The third kappa shape index (κ3) is 12.8. The molecule has 3 saturated heterocycles. The molecule has 3 fully saturated rings. The Morgan fingerprint density at radius 2 is 1.26 bits per heavy atom. The largest absolute Gasteiger partial charge is 0.508 e. The van der Waals surface area contributed by atoms with Gasteiger partial charge in [0.1, 0.15) is 84.6 Å². The van der Waals surface area contributed by atoms with Crippen LogP contribution in [0.25, 0.3) is 18.2 Å². The molecule has 0 saturated carbocycles. The number of hydrogen-bond acceptors (Lipinski definition) is 27. The van der Waals surface area contributed by atoms with Gasteiger partial charge in [0, 0.05) is 29.8 Å². The number of carbonyl (C=O) groups excluding carboxylic acids is 2. The number of esters is 2. The predicted octanol–water partition coefficient (Wildman–Crippen LogP) is -0.298. The Morgan fingerprint density at radius 1 is 0.613 bits per heavy atom. The first kappa shape index (κ1) is 58.5. The van der Waals surface area contributed by atoms with Crippen molar-refractivity contribution < 1.29 is 133 Å². The molecule has 80 heavy (non-hydrogen) atoms. The van der Waals surface area contributed by atoms with E-state index in [1.807, 2.05) is 0 Å². The van der Waals surface area contributed by atoms with Gasteiger partial charge in [0.15, 0.2) is 59.1 Å². The van der Waals surface area contributed by atoms with Gasteiger partial charge in [-0.2, -0.15) is 0 Å². The molecule has 0 bridgehead atoms. The highest BCUT2D eigenvalue weighted by molar-refractivity contribution is 5.88. The number of aromatic hydroxyl groups is 5. The molecular weight excluding hydrogens is 1070 g/mol. The second-order valence-electron chi connectivity index (χ2n) is 18.4. The minimum Gasteiger partial charge on any atom is -0.508 e. The average Bonchev–Trinajstić information content (AvgIpc) is 3.46. The lowest BCUT2D eigenvalue weighted by Crippen LogP contribution is -2.63. The molecule has 432 valence electrons. The highest BCUT2D eigenvalue weighted by Crippen LogP contribution is 2.47. The van der Waals surface area contributed by atoms with E-state index in [0.717, 1.165) is 36.4 Å². The Kier molecular flexibility index (Phi) is 18.4. The van der Waals surface area contributed by atoms with E-state index in [2.05, 4.69) is 0 Å². The van der Waals surface area contributed by atoms with Crippen molar-refractivity contribution in [2.24, 2.45) is 0 Å². The molecule has 4 aromatic carbocycles. The number of methoxy groups -OCH3 is 3. The second-order valence-corrected chi connectivity index (χ2v) is 18.4. The maximum absolute atomic E-state index is 13.4. The zero-order chi connectivity index (χ0) is 57.7. The second kappa shape index (κ2) is 25.2. The molecule has 0 spiro atoms. The van der Waals surface area contributed by atoms with Crippen molar-refractivity contribution in [3.05, 3.63) is 101 Å². The number of hydrogen-bond donors (Lipinski definition) is 13. The standard InChI is InChI=1S/C53H58O27/c1-69-33-12-22(4-8-28(33)57)5-10-39(60)72-21-38-44(65)46(67)50(80-52-49(41(62)30(59)20-73-52)79-40(61)11-6-23-13-34(70-2)42(63)35(14-23)71-3)53(78-38)76-36-18-26-31(74-48(36)24-7-9-27(56)29(58)15-24)16-25(55)17-32(26)75-51-47(68)45(66)43(64)37(19-54)77-51/h4-18,30,37-38,41,43-59,62-68H,19-21H2,1-3H3. The summed E-state index contributed by atoms with van der Waals surface area (Å²) >= 11 is 0. The topological polar surface area (TPSA) is 408 Å². The van der Waals surface area contributed by atoms with E-state index in [0.29, 0.717) is 5.56 Å². The fraction of sp³-hybridized carbons (Fsp3) is 0.396. The molecular formula is C53H58O27. The molecule has 13 N–H and O–H groups in total. The van der Waals surface area contributed by atoms with Gasteiger partial charge >= 0.3 is 11.9 Å². The molecule has 15 unspecified atom stereocenters. The lowest BCUT2D eigenvalue weighted by Gasteiger charge is -2.45. The molecule has 4 aliphatic rings. The van der Waals surface area contributed by atoms with Gasteiger partial charge in [-0.3, -0.25) is 0 Å². The zero-order valence-electron chi connectivity index (χ0n) is 42.5. The van der Waals surface area contributed by atoms with Gasteiger partial charge in [0.2, 0.25) is 18.3 Å². The Morgan fingerprint density at radius 3 is 1.95 bits per heavy atom. The monoisotopic (exact) mass is 1130 g/mol. The van der Waals surface area contributed by atoms with Crippen LogP contribution >= 0.6 is 0 Å². The highest BCUT2D eigenvalue weighted by Gasteiger charge is 2.52. The number of aliphatic hydroxyl groups excluding tert-OH is 8. The highest BCUT2D eigenvalue weighted by atomic mass is 16.8. The summed E-state index contributed by atoms with van der Waals surface area (Å²) in [7, 11) is 3.90. The van der Waals surface area contributed by atoms with E-state index >= 15 is 0 Å². The molecule has 0 radical (unpaired) electrons. The predicted molar refractivity (Wildman–Crippen MR) is 267 cm³/mol. The lowest BCUT2D eigenvalue weighted by atomic mass is 9.97. The summed E-state index contributed by atoms with van der Waals surface area (Å²) < 4.78 is 68.8. The summed E-state index contributed by atoms with van der Waals surface area (Å²) in [5, 5.41) is 139. The van der Waals surface area contributed by atoms with E-state index in [1.165, 1.54) is 76.0 Å². The zero-order valence-corrected chi connectivity index (χ0v) is 42.5. The quantitative estimate of drug-likeness (QED) is 0.0346. The average molecular weight is 1130 g/mol. The molecule has 0 aromatic heterocycles. The van der Waals surface area contributed by atoms with E-state index < -0.39 is 141 Å². The number of ether oxygens (including phenoxy) is 12. The van der Waals surface area contributed by atoms with E-state index in [9.17, 15) is 76.0 Å². The Hall–Kier alpha value is -7.64. The van der Waals surface area contributed by atoms with Gasteiger partial charge in [-0.25, -0.2) is 9.59 Å². The van der Waals surface area contributed by atoms with Crippen molar-refractivity contribution in [2.75, 3.05) is 41.2 Å². The third-order valence-electron chi connectivity index (χ3n) is 13.1. The van der Waals surface area contributed by atoms with Crippen LogP contribution in [0.15, 0.2) is 78.6 Å². The van der Waals surface area contributed by atoms with Crippen molar-refractivity contribution >= 4 is 30.2 Å². The first-order valence-electron chi connectivity index (χ1n) is 24.3. The van der Waals surface area contributed by atoms with Gasteiger partial charge in [0.05, 0.1) is 40.1 Å². The van der Waals surface area contributed by atoms with E-state index in [4.69, 9.17) is 56.8 Å². The minimum absolute atomic E-state index is 0.00467. The maximum Gasteiger partial charge on any atom is 0.331 e. The number of carbonyl (C=O) groups is 2. The van der Waals surface area contributed by atoms with Crippen LogP contribution in [0.5, 0.6) is 57.5 Å². The number of fused-ring (bicyclic) bond motifs is 1. The fourth-order valence-electron chi connectivity index (χ4n) is 8.75. The molecule has 4 aliphatic heterocycles. The first-order chi connectivity index (χ1) is 38.2. The Bertz CT molecular complexity index is 2920. The fourth-order valence-corrected chi connectivity index (χ4v) is 8.75. The lowest BCUT2D eigenvalue weighted by molar-refractivity contribution is -0.353. The van der Waals surface area contributed by atoms with Crippen molar-refractivity contribution in [3.63, 3.8) is 0 Å². The third-order valence-corrected chi connectivity index (χ3v) is 13.1. The van der Waals surface area contributed by atoms with Gasteiger partial charge < -0.3 is 123 Å². The van der Waals surface area contributed by atoms with Crippen LogP contribution in [0.2, 0.25) is 0 Å². The Balaban J connectivity index is 1.14.